The van der Waals surface area contributed by atoms with E-state index >= 15 is 0 Å². The quantitative estimate of drug-likeness (QED) is 0.663. The standard InChI is InChI=1S/C21H20FNO4S/c22-15-7-5-14(6-8-15)21-18(17-3-1-2-4-19(17)23-21)9-10-20(24)27-16-11-12-28(25,26)13-16/h1-8,16,23H,9-13H2. The predicted molar refractivity (Wildman–Crippen MR) is 105 cm³/mol. The third kappa shape index (κ3) is 3.94. The predicted octanol–water partition coefficient (Wildman–Crippen LogP) is 3.64. The number of rotatable bonds is 5. The highest BCUT2D eigenvalue weighted by atomic mass is 32.2. The van der Waals surface area contributed by atoms with E-state index in [1.165, 1.54) is 12.1 Å². The summed E-state index contributed by atoms with van der Waals surface area (Å²) in [6.45, 7) is 0. The van der Waals surface area contributed by atoms with Crippen molar-refractivity contribution in [2.75, 3.05) is 11.5 Å². The van der Waals surface area contributed by atoms with Crippen molar-refractivity contribution in [2.24, 2.45) is 0 Å². The Morgan fingerprint density at radius 1 is 1.14 bits per heavy atom. The summed E-state index contributed by atoms with van der Waals surface area (Å²) < 4.78 is 41.7. The molecule has 1 fully saturated rings. The molecule has 0 saturated carbocycles. The first kappa shape index (κ1) is 18.7. The van der Waals surface area contributed by atoms with Crippen LogP contribution in [0.3, 0.4) is 0 Å². The van der Waals surface area contributed by atoms with E-state index in [9.17, 15) is 17.6 Å². The van der Waals surface area contributed by atoms with Gasteiger partial charge in [-0.05, 0) is 54.3 Å². The number of para-hydroxylation sites is 1. The molecule has 146 valence electrons. The number of halogens is 1. The van der Waals surface area contributed by atoms with Gasteiger partial charge in [-0.3, -0.25) is 4.79 Å². The molecule has 3 aromatic rings. The number of fused-ring (bicyclic) bond motifs is 1. The van der Waals surface area contributed by atoms with Crippen molar-refractivity contribution in [3.05, 3.63) is 59.9 Å². The molecule has 0 aliphatic carbocycles. The molecule has 1 unspecified atom stereocenters. The number of aryl methyl sites for hydroxylation is 1. The lowest BCUT2D eigenvalue weighted by atomic mass is 10.0. The van der Waals surface area contributed by atoms with Crippen molar-refractivity contribution in [3.63, 3.8) is 0 Å². The number of ether oxygens (including phenoxy) is 1. The van der Waals surface area contributed by atoms with Crippen LogP contribution in [0.1, 0.15) is 18.4 Å². The van der Waals surface area contributed by atoms with E-state index in [2.05, 4.69) is 4.98 Å². The average Bonchev–Trinajstić information content (AvgIpc) is 3.20. The summed E-state index contributed by atoms with van der Waals surface area (Å²) in [4.78, 5) is 15.6. The summed E-state index contributed by atoms with van der Waals surface area (Å²) in [6, 6.07) is 14.0. The summed E-state index contributed by atoms with van der Waals surface area (Å²) in [6.07, 6.45) is 0.404. The molecule has 0 bridgehead atoms. The Kier molecular flexibility index (Phi) is 4.93. The maximum absolute atomic E-state index is 13.3. The fourth-order valence-electron chi connectivity index (χ4n) is 3.65. The molecule has 0 radical (unpaired) electrons. The second-order valence-corrected chi connectivity index (χ2v) is 9.27. The van der Waals surface area contributed by atoms with Gasteiger partial charge in [-0.1, -0.05) is 18.2 Å². The molecule has 1 aliphatic heterocycles. The molecule has 4 rings (SSSR count). The van der Waals surface area contributed by atoms with Crippen molar-refractivity contribution >= 4 is 26.7 Å². The van der Waals surface area contributed by atoms with Crippen LogP contribution in [0, 0.1) is 5.82 Å². The van der Waals surface area contributed by atoms with E-state index in [4.69, 9.17) is 4.74 Å². The molecular formula is C21H20FNO4S. The first-order valence-electron chi connectivity index (χ1n) is 9.17. The van der Waals surface area contributed by atoms with Crippen LogP contribution < -0.4 is 0 Å². The van der Waals surface area contributed by atoms with Gasteiger partial charge in [0.1, 0.15) is 11.9 Å². The molecule has 1 aromatic heterocycles. The van der Waals surface area contributed by atoms with Crippen LogP contribution >= 0.6 is 0 Å². The molecule has 7 heteroatoms. The average molecular weight is 401 g/mol. The van der Waals surface area contributed by atoms with Crippen LogP contribution in [-0.4, -0.2) is 37.0 Å². The first-order valence-corrected chi connectivity index (χ1v) is 11.0. The Hall–Kier alpha value is -2.67. The fraction of sp³-hybridized carbons (Fsp3) is 0.286. The second kappa shape index (κ2) is 7.39. The number of carbonyl (C=O) groups is 1. The van der Waals surface area contributed by atoms with E-state index in [1.807, 2.05) is 24.3 Å². The van der Waals surface area contributed by atoms with E-state index in [1.54, 1.807) is 12.1 Å². The van der Waals surface area contributed by atoms with Crippen LogP contribution in [0.15, 0.2) is 48.5 Å². The molecule has 28 heavy (non-hydrogen) atoms. The normalized spacial score (nSPS) is 18.4. The largest absolute Gasteiger partial charge is 0.461 e. The number of aromatic amines is 1. The van der Waals surface area contributed by atoms with Crippen molar-refractivity contribution in [1.29, 1.82) is 0 Å². The summed E-state index contributed by atoms with van der Waals surface area (Å²) in [7, 11) is -3.09. The maximum Gasteiger partial charge on any atom is 0.306 e. The molecule has 5 nitrogen and oxygen atoms in total. The summed E-state index contributed by atoms with van der Waals surface area (Å²) in [5.41, 5.74) is 3.57. The highest BCUT2D eigenvalue weighted by molar-refractivity contribution is 7.91. The molecule has 1 N–H and O–H groups in total. The number of esters is 1. The zero-order chi connectivity index (χ0) is 19.7. The highest BCUT2D eigenvalue weighted by Gasteiger charge is 2.30. The summed E-state index contributed by atoms with van der Waals surface area (Å²) in [5.74, 6) is -0.733. The highest BCUT2D eigenvalue weighted by Crippen LogP contribution is 2.31. The van der Waals surface area contributed by atoms with Gasteiger partial charge in [0.15, 0.2) is 9.84 Å². The number of nitrogens with one attached hydrogen (secondary N) is 1. The summed E-state index contributed by atoms with van der Waals surface area (Å²) >= 11 is 0. The molecule has 2 aromatic carbocycles. The van der Waals surface area contributed by atoms with Crippen molar-refractivity contribution in [1.82, 2.24) is 4.98 Å². The van der Waals surface area contributed by atoms with Gasteiger partial charge < -0.3 is 9.72 Å². The number of aromatic nitrogens is 1. The van der Waals surface area contributed by atoms with Gasteiger partial charge in [0.25, 0.3) is 0 Å². The lowest BCUT2D eigenvalue weighted by Gasteiger charge is -2.11. The zero-order valence-corrected chi connectivity index (χ0v) is 16.0. The SMILES string of the molecule is O=C(CCc1c(-c2ccc(F)cc2)[nH]c2ccccc12)OC1CCS(=O)(=O)C1. The van der Waals surface area contributed by atoms with Gasteiger partial charge in [-0.2, -0.15) is 0 Å². The fourth-order valence-corrected chi connectivity index (χ4v) is 5.24. The van der Waals surface area contributed by atoms with Gasteiger partial charge in [0.05, 0.1) is 11.5 Å². The molecule has 1 aliphatic rings. The van der Waals surface area contributed by atoms with Crippen molar-refractivity contribution < 1.29 is 22.3 Å². The van der Waals surface area contributed by atoms with E-state index in [0.717, 1.165) is 27.7 Å². The van der Waals surface area contributed by atoms with Gasteiger partial charge in [-0.25, -0.2) is 12.8 Å². The number of hydrogen-bond acceptors (Lipinski definition) is 4. The number of hydrogen-bond donors (Lipinski definition) is 1. The topological polar surface area (TPSA) is 76.2 Å². The third-order valence-corrected chi connectivity index (χ3v) is 6.75. The molecule has 0 spiro atoms. The maximum atomic E-state index is 13.3. The molecule has 1 saturated heterocycles. The molecule has 2 heterocycles. The number of carbonyl (C=O) groups excluding carboxylic acids is 1. The monoisotopic (exact) mass is 401 g/mol. The molecule has 0 amide bonds. The van der Waals surface area contributed by atoms with E-state index < -0.39 is 21.9 Å². The Labute approximate surface area is 162 Å². The van der Waals surface area contributed by atoms with E-state index in [0.29, 0.717) is 12.8 Å². The van der Waals surface area contributed by atoms with Gasteiger partial charge >= 0.3 is 5.97 Å². The van der Waals surface area contributed by atoms with Crippen molar-refractivity contribution in [3.8, 4) is 11.3 Å². The summed E-state index contributed by atoms with van der Waals surface area (Å²) in [5, 5.41) is 0.998. The minimum Gasteiger partial charge on any atom is -0.461 e. The Morgan fingerprint density at radius 3 is 2.61 bits per heavy atom. The Bertz CT molecular complexity index is 1120. The number of benzene rings is 2. The minimum absolute atomic E-state index is 0.0715. The van der Waals surface area contributed by atoms with Crippen LogP contribution in [0.25, 0.3) is 22.2 Å². The second-order valence-electron chi connectivity index (χ2n) is 7.05. The molecule has 1 atom stereocenters. The van der Waals surface area contributed by atoms with Gasteiger partial charge in [-0.15, -0.1) is 0 Å². The van der Waals surface area contributed by atoms with Gasteiger partial charge in [0, 0.05) is 23.0 Å². The van der Waals surface area contributed by atoms with Crippen LogP contribution in [0.5, 0.6) is 0 Å². The van der Waals surface area contributed by atoms with E-state index in [-0.39, 0.29) is 23.7 Å². The van der Waals surface area contributed by atoms with Crippen LogP contribution in [0.2, 0.25) is 0 Å². The molecular weight excluding hydrogens is 381 g/mol. The van der Waals surface area contributed by atoms with Gasteiger partial charge in [0.2, 0.25) is 0 Å². The van der Waals surface area contributed by atoms with Crippen LogP contribution in [-0.2, 0) is 25.8 Å². The minimum atomic E-state index is -3.09. The zero-order valence-electron chi connectivity index (χ0n) is 15.2. The number of sulfone groups is 1. The smallest absolute Gasteiger partial charge is 0.306 e. The number of H-pyrrole nitrogens is 1. The lowest BCUT2D eigenvalue weighted by Crippen LogP contribution is -2.19. The Balaban J connectivity index is 1.55. The Morgan fingerprint density at radius 2 is 1.89 bits per heavy atom. The van der Waals surface area contributed by atoms with Crippen LogP contribution in [0.4, 0.5) is 4.39 Å². The first-order chi connectivity index (χ1) is 13.4. The third-order valence-electron chi connectivity index (χ3n) is 5.01. The van der Waals surface area contributed by atoms with Crippen molar-refractivity contribution in [2.45, 2.75) is 25.4 Å². The lowest BCUT2D eigenvalue weighted by molar-refractivity contribution is -0.147.